The van der Waals surface area contributed by atoms with Crippen LogP contribution in [0.3, 0.4) is 0 Å². The molecule has 0 atom stereocenters. The van der Waals surface area contributed by atoms with Gasteiger partial charge in [-0.05, 0) is 0 Å². The Balaban J connectivity index is 3.09. The van der Waals surface area contributed by atoms with E-state index in [4.69, 9.17) is 5.73 Å². The van der Waals surface area contributed by atoms with Crippen LogP contribution < -0.4 is 5.73 Å². The zero-order valence-electron chi connectivity index (χ0n) is 6.27. The number of anilines is 1. The van der Waals surface area contributed by atoms with Crippen molar-refractivity contribution in [1.82, 2.24) is 9.97 Å². The summed E-state index contributed by atoms with van der Waals surface area (Å²) in [6.07, 6.45) is 0.905. The maximum atomic E-state index is 10.8. The molecule has 6 nitrogen and oxygen atoms in total. The molecule has 0 fully saturated rings. The first-order valence-corrected chi connectivity index (χ1v) is 3.03. The minimum Gasteiger partial charge on any atom is -0.464 e. The quantitative estimate of drug-likeness (QED) is 0.594. The molecule has 12 heavy (non-hydrogen) atoms. The molecule has 0 saturated carbocycles. The van der Waals surface area contributed by atoms with Crippen LogP contribution in [0.15, 0.2) is 6.20 Å². The van der Waals surface area contributed by atoms with Gasteiger partial charge in [0.05, 0.1) is 13.3 Å². The number of carbonyl (C=O) groups excluding carboxylic acids is 1. The second kappa shape index (κ2) is 3.04. The Bertz CT molecular complexity index is 313. The predicted molar refractivity (Wildman–Crippen MR) is 37.9 cm³/mol. The first-order chi connectivity index (χ1) is 5.65. The van der Waals surface area contributed by atoms with Crippen molar-refractivity contribution < 1.29 is 14.6 Å². The highest BCUT2D eigenvalue weighted by atomic mass is 16.5. The molecule has 63 valence electrons. The van der Waals surface area contributed by atoms with Crippen LogP contribution in [0.1, 0.15) is 10.5 Å². The highest BCUT2D eigenvalue weighted by Gasteiger charge is 2.13. The number of esters is 1. The number of hydrogen-bond acceptors (Lipinski definition) is 5. The van der Waals surface area contributed by atoms with E-state index < -0.39 is 11.8 Å². The fourth-order valence-electron chi connectivity index (χ4n) is 0.640. The van der Waals surface area contributed by atoms with Gasteiger partial charge in [0.15, 0.2) is 11.5 Å². The van der Waals surface area contributed by atoms with E-state index in [2.05, 4.69) is 14.7 Å². The van der Waals surface area contributed by atoms with E-state index in [1.165, 1.54) is 7.11 Å². The summed E-state index contributed by atoms with van der Waals surface area (Å²) in [6, 6.07) is 0. The maximum Gasteiger partial charge on any atom is 0.360 e. The molecule has 1 radical (unpaired) electrons. The molecule has 0 spiro atoms. The van der Waals surface area contributed by atoms with Crippen LogP contribution in [0, 0.1) is 0 Å². The zero-order chi connectivity index (χ0) is 9.14. The van der Waals surface area contributed by atoms with Gasteiger partial charge in [0.2, 0.25) is 0 Å². The molecule has 1 aromatic rings. The van der Waals surface area contributed by atoms with Crippen molar-refractivity contribution in [2.45, 2.75) is 0 Å². The number of nitrogen functional groups attached to an aromatic ring is 1. The third-order valence-corrected chi connectivity index (χ3v) is 1.16. The topological polar surface area (TPSA) is 98.0 Å². The van der Waals surface area contributed by atoms with Gasteiger partial charge in [0.25, 0.3) is 5.88 Å². The number of nitrogens with zero attached hydrogens (tertiary/aromatic N) is 2. The second-order valence-electron chi connectivity index (χ2n) is 1.93. The molecule has 1 aromatic heterocycles. The summed E-state index contributed by atoms with van der Waals surface area (Å²) < 4.78 is 4.33. The average molecular weight is 168 g/mol. The van der Waals surface area contributed by atoms with Crippen molar-refractivity contribution in [3.8, 4) is 5.88 Å². The van der Waals surface area contributed by atoms with Gasteiger partial charge in [-0.25, -0.2) is 9.78 Å². The number of aromatic nitrogens is 2. The third-order valence-electron chi connectivity index (χ3n) is 1.16. The molecule has 0 aromatic carbocycles. The van der Waals surface area contributed by atoms with E-state index in [1.54, 1.807) is 0 Å². The van der Waals surface area contributed by atoms with Crippen LogP contribution >= 0.6 is 0 Å². The molecule has 0 saturated heterocycles. The number of methoxy groups -OCH3 is 1. The van der Waals surface area contributed by atoms with Crippen molar-refractivity contribution in [2.24, 2.45) is 0 Å². The number of hydrogen-bond donors (Lipinski definition) is 1. The van der Waals surface area contributed by atoms with Gasteiger partial charge in [0.1, 0.15) is 0 Å². The molecule has 0 amide bonds. The van der Waals surface area contributed by atoms with Crippen LogP contribution in [-0.2, 0) is 9.84 Å². The summed E-state index contributed by atoms with van der Waals surface area (Å²) in [5, 5.41) is 10.5. The molecule has 0 bridgehead atoms. The molecule has 6 heteroatoms. The van der Waals surface area contributed by atoms with Gasteiger partial charge in [0, 0.05) is 0 Å². The van der Waals surface area contributed by atoms with Gasteiger partial charge in [-0.1, -0.05) is 0 Å². The lowest BCUT2D eigenvalue weighted by molar-refractivity contribution is 0.0595. The van der Waals surface area contributed by atoms with E-state index in [9.17, 15) is 9.90 Å². The monoisotopic (exact) mass is 168 g/mol. The van der Waals surface area contributed by atoms with Crippen LogP contribution in [-0.4, -0.2) is 23.0 Å². The largest absolute Gasteiger partial charge is 0.464 e. The van der Waals surface area contributed by atoms with Crippen LogP contribution in [0.2, 0.25) is 0 Å². The summed E-state index contributed by atoms with van der Waals surface area (Å²) >= 11 is 0. The average Bonchev–Trinajstić information content (AvgIpc) is 2.03. The van der Waals surface area contributed by atoms with Gasteiger partial charge in [-0.2, -0.15) is 4.98 Å². The van der Waals surface area contributed by atoms with Gasteiger partial charge in [-0.3, -0.25) is 5.11 Å². The summed E-state index contributed by atoms with van der Waals surface area (Å²) in [4.78, 5) is 17.6. The standard InChI is InChI=1S/C6H6N3O3/c1-12-6(11)4-5(7)9-3(10)2-8-4/h2H,1H3,(H2,7,9). The number of ether oxygens (including phenoxy) is 1. The molecule has 2 N–H and O–H groups in total. The first-order valence-electron chi connectivity index (χ1n) is 3.03. The van der Waals surface area contributed by atoms with Crippen molar-refractivity contribution in [3.05, 3.63) is 11.9 Å². The lowest BCUT2D eigenvalue weighted by Crippen LogP contribution is -2.09. The minimum atomic E-state index is -0.708. The van der Waals surface area contributed by atoms with Crippen LogP contribution in [0.25, 0.3) is 0 Å². The van der Waals surface area contributed by atoms with Crippen LogP contribution in [0.5, 0.6) is 5.88 Å². The second-order valence-corrected chi connectivity index (χ2v) is 1.93. The number of carbonyl (C=O) groups is 1. The van der Waals surface area contributed by atoms with Gasteiger partial charge >= 0.3 is 5.97 Å². The number of rotatable bonds is 1. The molecular weight excluding hydrogens is 162 g/mol. The summed E-state index contributed by atoms with van der Waals surface area (Å²) in [5.41, 5.74) is 5.08. The maximum absolute atomic E-state index is 10.8. The van der Waals surface area contributed by atoms with Crippen LogP contribution in [0.4, 0.5) is 5.82 Å². The van der Waals surface area contributed by atoms with E-state index in [-0.39, 0.29) is 11.5 Å². The van der Waals surface area contributed by atoms with Crippen molar-refractivity contribution in [3.63, 3.8) is 0 Å². The smallest absolute Gasteiger partial charge is 0.360 e. The number of nitrogens with two attached hydrogens (primary N) is 1. The van der Waals surface area contributed by atoms with Gasteiger partial charge < -0.3 is 10.5 Å². The van der Waals surface area contributed by atoms with Crippen molar-refractivity contribution in [2.75, 3.05) is 12.8 Å². The van der Waals surface area contributed by atoms with Crippen molar-refractivity contribution in [1.29, 1.82) is 0 Å². The summed E-state index contributed by atoms with van der Waals surface area (Å²) in [5.74, 6) is -1.51. The zero-order valence-corrected chi connectivity index (χ0v) is 6.27. The normalized spacial score (nSPS) is 9.42. The SMILES string of the molecule is COC(=O)c1ncc([O])nc1N. The molecule has 1 rings (SSSR count). The van der Waals surface area contributed by atoms with E-state index in [0.717, 1.165) is 6.20 Å². The fraction of sp³-hybridized carbons (Fsp3) is 0.167. The first kappa shape index (κ1) is 8.25. The lowest BCUT2D eigenvalue weighted by Gasteiger charge is -1.99. The lowest BCUT2D eigenvalue weighted by atomic mass is 10.4. The van der Waals surface area contributed by atoms with E-state index in [0.29, 0.717) is 0 Å². The Kier molecular flexibility index (Phi) is 2.09. The molecule has 0 aliphatic heterocycles. The van der Waals surface area contributed by atoms with E-state index >= 15 is 0 Å². The van der Waals surface area contributed by atoms with Crippen molar-refractivity contribution >= 4 is 11.8 Å². The fourth-order valence-corrected chi connectivity index (χ4v) is 0.640. The summed E-state index contributed by atoms with van der Waals surface area (Å²) in [7, 11) is 1.19. The Labute approximate surface area is 68.0 Å². The Morgan fingerprint density at radius 2 is 2.33 bits per heavy atom. The molecule has 0 unspecified atom stereocenters. The molecule has 0 aliphatic rings. The predicted octanol–water partition coefficient (Wildman–Crippen LogP) is -0.0108. The Morgan fingerprint density at radius 3 is 2.83 bits per heavy atom. The highest BCUT2D eigenvalue weighted by Crippen LogP contribution is 2.10. The van der Waals surface area contributed by atoms with E-state index in [1.807, 2.05) is 0 Å². The summed E-state index contributed by atoms with van der Waals surface area (Å²) in [6.45, 7) is 0. The van der Waals surface area contributed by atoms with Gasteiger partial charge in [-0.15, -0.1) is 0 Å². The highest BCUT2D eigenvalue weighted by molar-refractivity contribution is 5.91. The molecule has 0 aliphatic carbocycles. The Hall–Kier alpha value is -1.85. The molecule has 1 heterocycles. The Morgan fingerprint density at radius 1 is 1.67 bits per heavy atom. The molecular formula is C6H6N3O3. The third kappa shape index (κ3) is 1.42. The minimum absolute atomic E-state index is 0.142.